The predicted molar refractivity (Wildman–Crippen MR) is 74.5 cm³/mol. The molecule has 1 aromatic rings. The van der Waals surface area contributed by atoms with E-state index in [0.717, 1.165) is 5.56 Å². The van der Waals surface area contributed by atoms with Crippen LogP contribution in [0.3, 0.4) is 0 Å². The molecular formula is C13H18ClNO5. The van der Waals surface area contributed by atoms with Crippen molar-refractivity contribution in [1.29, 1.82) is 0 Å². The van der Waals surface area contributed by atoms with Crippen molar-refractivity contribution in [3.63, 3.8) is 0 Å². The molecule has 2 rings (SSSR count). The largest absolute Gasteiger partial charge is 0.493 e. The van der Waals surface area contributed by atoms with E-state index in [1.54, 1.807) is 19.1 Å². The molecule has 0 spiro atoms. The van der Waals surface area contributed by atoms with Crippen molar-refractivity contribution in [2.24, 2.45) is 5.73 Å². The number of methoxy groups -OCH3 is 1. The van der Waals surface area contributed by atoms with Gasteiger partial charge in [0, 0.05) is 6.04 Å². The molecule has 0 fully saturated rings. The zero-order valence-electron chi connectivity index (χ0n) is 11.4. The van der Waals surface area contributed by atoms with Gasteiger partial charge in [-0.1, -0.05) is 0 Å². The topological polar surface area (TPSA) is 80.0 Å². The van der Waals surface area contributed by atoms with E-state index in [4.69, 9.17) is 24.7 Å². The summed E-state index contributed by atoms with van der Waals surface area (Å²) < 4.78 is 20.7. The number of fused-ring (bicyclic) bond motifs is 1. The average Bonchev–Trinajstić information content (AvgIpc) is 2.85. The van der Waals surface area contributed by atoms with Gasteiger partial charge in [-0.15, -0.1) is 12.4 Å². The van der Waals surface area contributed by atoms with Crippen molar-refractivity contribution >= 4 is 18.4 Å². The van der Waals surface area contributed by atoms with Crippen LogP contribution in [-0.2, 0) is 9.53 Å². The van der Waals surface area contributed by atoms with Crippen LogP contribution in [0.2, 0.25) is 0 Å². The van der Waals surface area contributed by atoms with Crippen LogP contribution >= 0.6 is 12.4 Å². The predicted octanol–water partition coefficient (Wildman–Crippen LogP) is 1.80. The third-order valence-corrected chi connectivity index (χ3v) is 2.80. The number of hydrogen-bond acceptors (Lipinski definition) is 6. The van der Waals surface area contributed by atoms with E-state index >= 15 is 0 Å². The summed E-state index contributed by atoms with van der Waals surface area (Å²) in [6, 6.07) is 3.04. The molecule has 1 heterocycles. The van der Waals surface area contributed by atoms with Gasteiger partial charge in [-0.2, -0.15) is 0 Å². The zero-order valence-corrected chi connectivity index (χ0v) is 12.2. The van der Waals surface area contributed by atoms with Crippen molar-refractivity contribution in [2.45, 2.75) is 19.4 Å². The first-order chi connectivity index (χ1) is 9.15. The van der Waals surface area contributed by atoms with Gasteiger partial charge in [0.2, 0.25) is 12.5 Å². The third kappa shape index (κ3) is 3.46. The normalized spacial score (nSPS) is 13.3. The maximum absolute atomic E-state index is 11.4. The van der Waals surface area contributed by atoms with Gasteiger partial charge in [0.05, 0.1) is 20.1 Å². The maximum atomic E-state index is 11.4. The van der Waals surface area contributed by atoms with Crippen LogP contribution in [0.15, 0.2) is 12.1 Å². The summed E-state index contributed by atoms with van der Waals surface area (Å²) in [6.07, 6.45) is 0.108. The number of carbonyl (C=O) groups is 1. The van der Waals surface area contributed by atoms with E-state index in [1.165, 1.54) is 7.11 Å². The van der Waals surface area contributed by atoms with Gasteiger partial charge >= 0.3 is 5.97 Å². The molecule has 1 aliphatic rings. The maximum Gasteiger partial charge on any atom is 0.307 e. The fourth-order valence-corrected chi connectivity index (χ4v) is 1.88. The third-order valence-electron chi connectivity index (χ3n) is 2.80. The van der Waals surface area contributed by atoms with Crippen LogP contribution in [0, 0.1) is 0 Å². The molecule has 1 aliphatic heterocycles. The number of halogens is 1. The Morgan fingerprint density at radius 2 is 2.20 bits per heavy atom. The summed E-state index contributed by atoms with van der Waals surface area (Å²) in [4.78, 5) is 11.4. The van der Waals surface area contributed by atoms with Gasteiger partial charge in [0.25, 0.3) is 0 Å². The summed E-state index contributed by atoms with van der Waals surface area (Å²) in [6.45, 7) is 2.26. The first-order valence-electron chi connectivity index (χ1n) is 6.04. The minimum Gasteiger partial charge on any atom is -0.493 e. The van der Waals surface area contributed by atoms with Gasteiger partial charge in [0.1, 0.15) is 0 Å². The van der Waals surface area contributed by atoms with Crippen molar-refractivity contribution in [3.05, 3.63) is 17.7 Å². The number of ether oxygens (including phenoxy) is 4. The lowest BCUT2D eigenvalue weighted by Crippen LogP contribution is -2.17. The highest BCUT2D eigenvalue weighted by Gasteiger charge is 2.23. The summed E-state index contributed by atoms with van der Waals surface area (Å²) in [5, 5.41) is 0. The molecule has 0 saturated heterocycles. The minimum absolute atomic E-state index is 0. The molecule has 0 aliphatic carbocycles. The average molecular weight is 304 g/mol. The van der Waals surface area contributed by atoms with E-state index in [0.29, 0.717) is 23.9 Å². The Balaban J connectivity index is 0.00000200. The first-order valence-corrected chi connectivity index (χ1v) is 6.04. The molecule has 0 amide bonds. The lowest BCUT2D eigenvalue weighted by atomic mass is 10.0. The molecule has 1 atom stereocenters. The lowest BCUT2D eigenvalue weighted by molar-refractivity contribution is -0.143. The molecule has 0 radical (unpaired) electrons. The van der Waals surface area contributed by atoms with E-state index in [9.17, 15) is 4.79 Å². The smallest absolute Gasteiger partial charge is 0.307 e. The summed E-state index contributed by atoms with van der Waals surface area (Å²) in [5.74, 6) is 1.36. The zero-order chi connectivity index (χ0) is 13.8. The van der Waals surface area contributed by atoms with Gasteiger partial charge in [-0.25, -0.2) is 0 Å². The highest BCUT2D eigenvalue weighted by molar-refractivity contribution is 5.85. The monoisotopic (exact) mass is 303 g/mol. The Morgan fingerprint density at radius 1 is 1.45 bits per heavy atom. The number of hydrogen-bond donors (Lipinski definition) is 1. The Kier molecular flexibility index (Phi) is 5.91. The summed E-state index contributed by atoms with van der Waals surface area (Å²) in [7, 11) is 1.54. The Labute approximate surface area is 123 Å². The molecule has 0 bridgehead atoms. The minimum atomic E-state index is -0.470. The molecule has 0 saturated carbocycles. The van der Waals surface area contributed by atoms with Crippen molar-refractivity contribution in [3.8, 4) is 17.2 Å². The van der Waals surface area contributed by atoms with E-state index in [1.807, 2.05) is 0 Å². The van der Waals surface area contributed by atoms with Crippen LogP contribution in [0.5, 0.6) is 17.2 Å². The lowest BCUT2D eigenvalue weighted by Gasteiger charge is -2.13. The SMILES string of the molecule is CCOC(=O)C[C@@H](N)c1cc(OC)c2c(c1)OCO2.Cl. The Bertz CT molecular complexity index is 480. The van der Waals surface area contributed by atoms with E-state index < -0.39 is 6.04 Å². The van der Waals surface area contributed by atoms with E-state index in [2.05, 4.69) is 0 Å². The molecule has 2 N–H and O–H groups in total. The fraction of sp³-hybridized carbons (Fsp3) is 0.462. The first kappa shape index (κ1) is 16.4. The molecule has 6 nitrogen and oxygen atoms in total. The molecule has 112 valence electrons. The quantitative estimate of drug-likeness (QED) is 0.836. The van der Waals surface area contributed by atoms with Crippen LogP contribution in [0.4, 0.5) is 0 Å². The number of rotatable bonds is 5. The molecule has 0 unspecified atom stereocenters. The second-order valence-corrected chi connectivity index (χ2v) is 4.07. The number of carbonyl (C=O) groups excluding carboxylic acids is 1. The van der Waals surface area contributed by atoms with Crippen LogP contribution in [0.1, 0.15) is 24.9 Å². The van der Waals surface area contributed by atoms with Gasteiger partial charge in [0.15, 0.2) is 11.5 Å². The highest BCUT2D eigenvalue weighted by Crippen LogP contribution is 2.43. The van der Waals surface area contributed by atoms with Crippen molar-refractivity contribution < 1.29 is 23.7 Å². The highest BCUT2D eigenvalue weighted by atomic mass is 35.5. The summed E-state index contributed by atoms with van der Waals surface area (Å²) >= 11 is 0. The second kappa shape index (κ2) is 7.21. The number of nitrogens with two attached hydrogens (primary N) is 1. The van der Waals surface area contributed by atoms with Crippen molar-refractivity contribution in [1.82, 2.24) is 0 Å². The number of esters is 1. The molecular weight excluding hydrogens is 286 g/mol. The second-order valence-electron chi connectivity index (χ2n) is 4.07. The van der Waals surface area contributed by atoms with Gasteiger partial charge in [-0.05, 0) is 24.6 Å². The number of benzene rings is 1. The fourth-order valence-electron chi connectivity index (χ4n) is 1.88. The molecule has 20 heavy (non-hydrogen) atoms. The van der Waals surface area contributed by atoms with Crippen LogP contribution < -0.4 is 19.9 Å². The van der Waals surface area contributed by atoms with Gasteiger partial charge < -0.3 is 24.7 Å². The standard InChI is InChI=1S/C13H17NO5.ClH/c1-3-17-12(15)6-9(14)8-4-10(16-2)13-11(5-8)18-7-19-13;/h4-5,9H,3,6-7,14H2,1-2H3;1H/t9-;/m1./s1. The van der Waals surface area contributed by atoms with Crippen molar-refractivity contribution in [2.75, 3.05) is 20.5 Å². The van der Waals surface area contributed by atoms with E-state index in [-0.39, 0.29) is 31.6 Å². The molecule has 7 heteroatoms. The molecule has 1 aromatic carbocycles. The van der Waals surface area contributed by atoms with Crippen LogP contribution in [-0.4, -0.2) is 26.5 Å². The van der Waals surface area contributed by atoms with Crippen LogP contribution in [0.25, 0.3) is 0 Å². The van der Waals surface area contributed by atoms with Gasteiger partial charge in [-0.3, -0.25) is 4.79 Å². The Hall–Kier alpha value is -1.66. The Morgan fingerprint density at radius 3 is 2.85 bits per heavy atom. The molecule has 0 aromatic heterocycles. The summed E-state index contributed by atoms with van der Waals surface area (Å²) in [5.41, 5.74) is 6.74.